The average molecular weight is 434 g/mol. The van der Waals surface area contributed by atoms with Gasteiger partial charge in [0.25, 0.3) is 0 Å². The molecule has 176 valence electrons. The molecular weight excluding hydrogens is 389 g/mol. The van der Waals surface area contributed by atoms with Crippen molar-refractivity contribution < 1.29 is 14.2 Å². The molecule has 0 radical (unpaired) electrons. The van der Waals surface area contributed by atoms with Crippen LogP contribution in [0.1, 0.15) is 122 Å². The second kappa shape index (κ2) is 19.1. The zero-order valence-electron chi connectivity index (χ0n) is 19.7. The first-order valence-electron chi connectivity index (χ1n) is 12.7. The minimum Gasteiger partial charge on any atom is -0.488 e. The summed E-state index contributed by atoms with van der Waals surface area (Å²) in [5.41, 5.74) is 0.231. The van der Waals surface area contributed by atoms with E-state index in [0.29, 0.717) is 5.75 Å². The first-order valence-corrected chi connectivity index (χ1v) is 12.7. The molecule has 1 aromatic rings. The van der Waals surface area contributed by atoms with Gasteiger partial charge in [-0.15, -0.1) is 0 Å². The lowest BCUT2D eigenvalue weighted by atomic mass is 10.0. The average Bonchev–Trinajstić information content (AvgIpc) is 2.77. The Bertz CT molecular complexity index is 599. The van der Waals surface area contributed by atoms with Gasteiger partial charge in [0, 0.05) is 6.07 Å². The van der Waals surface area contributed by atoms with Crippen molar-refractivity contribution in [2.45, 2.75) is 122 Å². The number of nitriles is 1. The Kier molecular flexibility index (Phi) is 16.9. The molecule has 1 N–H and O–H groups in total. The number of aliphatic hydroxyl groups excluding tert-OH is 1. The largest absolute Gasteiger partial charge is 0.488 e. The van der Waals surface area contributed by atoms with E-state index < -0.39 is 5.82 Å². The van der Waals surface area contributed by atoms with Crippen molar-refractivity contribution in [3.8, 4) is 11.8 Å². The molecule has 0 heterocycles. The number of ether oxygens (including phenoxy) is 1. The van der Waals surface area contributed by atoms with Gasteiger partial charge in [0.2, 0.25) is 0 Å². The Morgan fingerprint density at radius 2 is 1.29 bits per heavy atom. The number of nitrogens with zero attached hydrogens (tertiary/aromatic N) is 1. The maximum atomic E-state index is 13.5. The molecule has 3 nitrogen and oxygen atoms in total. The molecule has 4 heteroatoms. The normalized spacial score (nSPS) is 11.9. The van der Waals surface area contributed by atoms with E-state index in [9.17, 15) is 9.50 Å². The van der Waals surface area contributed by atoms with E-state index >= 15 is 0 Å². The summed E-state index contributed by atoms with van der Waals surface area (Å²) in [5, 5.41) is 18.4. The van der Waals surface area contributed by atoms with E-state index in [1.54, 1.807) is 0 Å². The third-order valence-corrected chi connectivity index (χ3v) is 5.89. The lowest BCUT2D eigenvalue weighted by Gasteiger charge is -2.17. The van der Waals surface area contributed by atoms with Crippen molar-refractivity contribution >= 4 is 0 Å². The molecule has 31 heavy (non-hydrogen) atoms. The summed E-state index contributed by atoms with van der Waals surface area (Å²) in [6.07, 6.45) is 21.6. The van der Waals surface area contributed by atoms with Gasteiger partial charge in [-0.1, -0.05) is 103 Å². The molecule has 0 amide bonds. The number of hydrogen-bond acceptors (Lipinski definition) is 3. The number of rotatable bonds is 20. The van der Waals surface area contributed by atoms with Crippen LogP contribution >= 0.6 is 0 Å². The first kappa shape index (κ1) is 27.4. The van der Waals surface area contributed by atoms with Crippen LogP contribution in [0.15, 0.2) is 18.2 Å². The highest BCUT2D eigenvalue weighted by molar-refractivity contribution is 5.37. The van der Waals surface area contributed by atoms with E-state index in [1.165, 1.54) is 108 Å². The zero-order chi connectivity index (χ0) is 22.6. The molecule has 0 saturated heterocycles. The quantitative estimate of drug-likeness (QED) is 0.211. The smallest absolute Gasteiger partial charge is 0.128 e. The topological polar surface area (TPSA) is 53.2 Å². The maximum Gasteiger partial charge on any atom is 0.128 e. The fourth-order valence-corrected chi connectivity index (χ4v) is 4.00. The summed E-state index contributed by atoms with van der Waals surface area (Å²) < 4.78 is 19.2. The minimum absolute atomic E-state index is 0.100. The van der Waals surface area contributed by atoms with Gasteiger partial charge in [-0.05, 0) is 25.0 Å². The predicted octanol–water partition coefficient (Wildman–Crippen LogP) is 8.09. The fourth-order valence-electron chi connectivity index (χ4n) is 4.00. The van der Waals surface area contributed by atoms with Crippen molar-refractivity contribution in [1.82, 2.24) is 0 Å². The standard InChI is InChI=1S/C27H44FNO2/c1-2-3-4-5-6-7-8-9-10-11-12-13-14-15-16-17-18-26(23-30)31-27-20-24(22-29)19-25(28)21-27/h19-21,26,30H,2-18,23H2,1H3. The Morgan fingerprint density at radius 1 is 0.806 bits per heavy atom. The van der Waals surface area contributed by atoms with Crippen LogP contribution in [0.3, 0.4) is 0 Å². The number of aliphatic hydroxyl groups is 1. The van der Waals surface area contributed by atoms with Crippen LogP contribution in [0.5, 0.6) is 5.75 Å². The van der Waals surface area contributed by atoms with E-state index in [0.717, 1.165) is 19.3 Å². The highest BCUT2D eigenvalue weighted by atomic mass is 19.1. The molecule has 0 spiro atoms. The molecule has 1 unspecified atom stereocenters. The molecule has 1 rings (SSSR count). The molecule has 0 aromatic heterocycles. The Balaban J connectivity index is 1.95. The van der Waals surface area contributed by atoms with Gasteiger partial charge in [-0.2, -0.15) is 5.26 Å². The van der Waals surface area contributed by atoms with Gasteiger partial charge in [0.05, 0.1) is 18.2 Å². The third-order valence-electron chi connectivity index (χ3n) is 5.89. The van der Waals surface area contributed by atoms with Gasteiger partial charge < -0.3 is 9.84 Å². The van der Waals surface area contributed by atoms with Crippen LogP contribution in [0, 0.1) is 17.1 Å². The Hall–Kier alpha value is -1.60. The maximum absolute atomic E-state index is 13.5. The van der Waals surface area contributed by atoms with Crippen molar-refractivity contribution in [1.29, 1.82) is 5.26 Å². The monoisotopic (exact) mass is 433 g/mol. The minimum atomic E-state index is -0.492. The molecular formula is C27H44FNO2. The summed E-state index contributed by atoms with van der Waals surface area (Å²) in [6.45, 7) is 2.17. The van der Waals surface area contributed by atoms with E-state index in [4.69, 9.17) is 10.00 Å². The molecule has 0 aliphatic carbocycles. The number of benzene rings is 1. The van der Waals surface area contributed by atoms with Crippen molar-refractivity contribution in [3.05, 3.63) is 29.6 Å². The van der Waals surface area contributed by atoms with Crippen molar-refractivity contribution in [3.63, 3.8) is 0 Å². The van der Waals surface area contributed by atoms with Crippen LogP contribution in [0.25, 0.3) is 0 Å². The van der Waals surface area contributed by atoms with Gasteiger partial charge >= 0.3 is 0 Å². The highest BCUT2D eigenvalue weighted by Gasteiger charge is 2.11. The number of unbranched alkanes of at least 4 members (excludes halogenated alkanes) is 15. The Morgan fingerprint density at radius 3 is 1.74 bits per heavy atom. The second-order valence-electron chi connectivity index (χ2n) is 8.80. The first-order chi connectivity index (χ1) is 15.2. The van der Waals surface area contributed by atoms with E-state index in [2.05, 4.69) is 6.92 Å². The molecule has 0 aliphatic rings. The van der Waals surface area contributed by atoms with Crippen LogP contribution in [-0.2, 0) is 0 Å². The van der Waals surface area contributed by atoms with Gasteiger partial charge in [-0.3, -0.25) is 0 Å². The second-order valence-corrected chi connectivity index (χ2v) is 8.80. The predicted molar refractivity (Wildman–Crippen MR) is 127 cm³/mol. The summed E-state index contributed by atoms with van der Waals surface area (Å²) >= 11 is 0. The van der Waals surface area contributed by atoms with Crippen LogP contribution in [0.4, 0.5) is 4.39 Å². The number of hydrogen-bond donors (Lipinski definition) is 1. The molecule has 0 bridgehead atoms. The zero-order valence-corrected chi connectivity index (χ0v) is 19.7. The fraction of sp³-hybridized carbons (Fsp3) is 0.741. The summed E-state index contributed by atoms with van der Waals surface area (Å²) in [7, 11) is 0. The van der Waals surface area contributed by atoms with Gasteiger partial charge in [0.15, 0.2) is 0 Å². The summed E-state index contributed by atoms with van der Waals surface area (Å²) in [5.74, 6) is -0.180. The van der Waals surface area contributed by atoms with Crippen LogP contribution < -0.4 is 4.74 Å². The van der Waals surface area contributed by atoms with Gasteiger partial charge in [0.1, 0.15) is 17.7 Å². The highest BCUT2D eigenvalue weighted by Crippen LogP contribution is 2.20. The van der Waals surface area contributed by atoms with Crippen molar-refractivity contribution in [2.75, 3.05) is 6.61 Å². The molecule has 0 aliphatic heterocycles. The molecule has 0 fully saturated rings. The lowest BCUT2D eigenvalue weighted by Crippen LogP contribution is -2.21. The molecule has 0 saturated carbocycles. The summed E-state index contributed by atoms with van der Waals surface area (Å²) in [4.78, 5) is 0. The molecule has 1 aromatic carbocycles. The van der Waals surface area contributed by atoms with Crippen LogP contribution in [0.2, 0.25) is 0 Å². The molecule has 1 atom stereocenters. The summed E-state index contributed by atoms with van der Waals surface area (Å²) in [6, 6.07) is 5.87. The Labute approximate surface area is 190 Å². The van der Waals surface area contributed by atoms with E-state index in [-0.39, 0.29) is 18.3 Å². The SMILES string of the molecule is CCCCCCCCCCCCCCCCCCC(CO)Oc1cc(F)cc(C#N)c1. The lowest BCUT2D eigenvalue weighted by molar-refractivity contribution is 0.106. The van der Waals surface area contributed by atoms with Crippen LogP contribution in [-0.4, -0.2) is 17.8 Å². The number of halogens is 1. The third kappa shape index (κ3) is 14.9. The van der Waals surface area contributed by atoms with E-state index in [1.807, 2.05) is 6.07 Å². The van der Waals surface area contributed by atoms with Crippen molar-refractivity contribution in [2.24, 2.45) is 0 Å². The van der Waals surface area contributed by atoms with Gasteiger partial charge in [-0.25, -0.2) is 4.39 Å².